The van der Waals surface area contributed by atoms with Crippen LogP contribution in [-0.4, -0.2) is 24.6 Å². The summed E-state index contributed by atoms with van der Waals surface area (Å²) >= 11 is 0. The van der Waals surface area contributed by atoms with Crippen LogP contribution in [0.25, 0.3) is 0 Å². The van der Waals surface area contributed by atoms with E-state index in [9.17, 15) is 9.59 Å². The Labute approximate surface area is 184 Å². The smallest absolute Gasteiger partial charge is 0.306 e. The second-order valence-corrected chi connectivity index (χ2v) is 8.97. The van der Waals surface area contributed by atoms with Crippen LogP contribution in [0.3, 0.4) is 0 Å². The maximum absolute atomic E-state index is 12.0. The minimum Gasteiger partial charge on any atom is -0.462 e. The van der Waals surface area contributed by atoms with Crippen LogP contribution in [0.4, 0.5) is 0 Å². The van der Waals surface area contributed by atoms with Gasteiger partial charge in [-0.3, -0.25) is 9.59 Å². The zero-order valence-electron chi connectivity index (χ0n) is 19.7. The molecule has 0 N–H and O–H groups in total. The molecular weight excluding hydrogens is 376 g/mol. The average Bonchev–Trinajstić information content (AvgIpc) is 2.71. The van der Waals surface area contributed by atoms with Crippen molar-refractivity contribution >= 4 is 11.9 Å². The molecule has 30 heavy (non-hydrogen) atoms. The number of hydrogen-bond acceptors (Lipinski definition) is 4. The van der Waals surface area contributed by atoms with Crippen LogP contribution in [0, 0.1) is 23.7 Å². The molecule has 0 heterocycles. The maximum atomic E-state index is 12.0. The van der Waals surface area contributed by atoms with Gasteiger partial charge in [0.1, 0.15) is 6.10 Å². The first kappa shape index (κ1) is 26.5. The van der Waals surface area contributed by atoms with Crippen molar-refractivity contribution in [3.05, 3.63) is 0 Å². The average molecular weight is 421 g/mol. The first-order valence-electron chi connectivity index (χ1n) is 12.3. The Balaban J connectivity index is 1.95. The number of carbonyl (C=O) groups excluding carboxylic acids is 2. The molecule has 0 radical (unpaired) electrons. The molecule has 0 aromatic carbocycles. The zero-order chi connectivity index (χ0) is 22.0. The van der Waals surface area contributed by atoms with Gasteiger partial charge >= 0.3 is 11.9 Å². The van der Waals surface area contributed by atoms with Gasteiger partial charge in [-0.1, -0.05) is 77.6 Å². The van der Waals surface area contributed by atoms with E-state index in [0.717, 1.165) is 32.1 Å². The van der Waals surface area contributed by atoms with Gasteiger partial charge in [0.2, 0.25) is 0 Å². The normalized spacial score (nSPS) is 20.8. The summed E-state index contributed by atoms with van der Waals surface area (Å²) in [4.78, 5) is 23.7. The largest absolute Gasteiger partial charge is 0.462 e. The molecule has 172 valence electrons. The molecule has 0 spiro atoms. The Hall–Kier alpha value is -1.50. The second kappa shape index (κ2) is 17.2. The summed E-state index contributed by atoms with van der Waals surface area (Å²) in [5, 5.41) is 0. The van der Waals surface area contributed by atoms with Crippen molar-refractivity contribution in [2.45, 2.75) is 123 Å². The number of ether oxygens (including phenoxy) is 2. The van der Waals surface area contributed by atoms with Gasteiger partial charge in [0, 0.05) is 19.3 Å². The predicted octanol–water partition coefficient (Wildman–Crippen LogP) is 6.60. The van der Waals surface area contributed by atoms with Crippen LogP contribution in [0.5, 0.6) is 0 Å². The van der Waals surface area contributed by atoms with Crippen molar-refractivity contribution in [2.24, 2.45) is 11.8 Å². The van der Waals surface area contributed by atoms with Crippen LogP contribution in [0.1, 0.15) is 117 Å². The van der Waals surface area contributed by atoms with Gasteiger partial charge in [-0.25, -0.2) is 0 Å². The first-order valence-corrected chi connectivity index (χ1v) is 12.3. The maximum Gasteiger partial charge on any atom is 0.306 e. The third-order valence-corrected chi connectivity index (χ3v) is 6.20. The molecule has 0 aromatic heterocycles. The SMILES string of the molecule is CCCCCCCCCCC#CCOC(=O)CCCC(=O)OC1CCC(C)C(C)C1. The molecule has 0 aliphatic heterocycles. The third-order valence-electron chi connectivity index (χ3n) is 6.20. The molecule has 4 nitrogen and oxygen atoms in total. The Morgan fingerprint density at radius 2 is 1.47 bits per heavy atom. The fourth-order valence-electron chi connectivity index (χ4n) is 3.90. The summed E-state index contributed by atoms with van der Waals surface area (Å²) in [6.07, 6.45) is 15.3. The molecule has 0 saturated heterocycles. The van der Waals surface area contributed by atoms with E-state index in [-0.39, 0.29) is 37.5 Å². The molecule has 0 amide bonds. The summed E-state index contributed by atoms with van der Waals surface area (Å²) in [6, 6.07) is 0. The second-order valence-electron chi connectivity index (χ2n) is 8.97. The van der Waals surface area contributed by atoms with Gasteiger partial charge in [-0.2, -0.15) is 0 Å². The Bertz CT molecular complexity index is 531. The molecule has 0 bridgehead atoms. The highest BCUT2D eigenvalue weighted by Crippen LogP contribution is 2.31. The van der Waals surface area contributed by atoms with Gasteiger partial charge in [-0.15, -0.1) is 0 Å². The Kier molecular flexibility index (Phi) is 15.2. The molecule has 1 aliphatic rings. The van der Waals surface area contributed by atoms with E-state index in [0.29, 0.717) is 18.3 Å². The summed E-state index contributed by atoms with van der Waals surface area (Å²) in [7, 11) is 0. The van der Waals surface area contributed by atoms with Crippen LogP contribution < -0.4 is 0 Å². The van der Waals surface area contributed by atoms with Crippen LogP contribution >= 0.6 is 0 Å². The van der Waals surface area contributed by atoms with Crippen molar-refractivity contribution < 1.29 is 19.1 Å². The summed E-state index contributed by atoms with van der Waals surface area (Å²) in [5.74, 6) is 6.81. The van der Waals surface area contributed by atoms with Crippen LogP contribution in [0.2, 0.25) is 0 Å². The quantitative estimate of drug-likeness (QED) is 0.180. The lowest BCUT2D eigenvalue weighted by atomic mass is 9.80. The number of rotatable bonds is 14. The highest BCUT2D eigenvalue weighted by Gasteiger charge is 2.26. The Morgan fingerprint density at radius 3 is 2.17 bits per heavy atom. The van der Waals surface area contributed by atoms with Crippen LogP contribution in [0.15, 0.2) is 0 Å². The number of esters is 2. The molecule has 4 heteroatoms. The fourth-order valence-corrected chi connectivity index (χ4v) is 3.90. The van der Waals surface area contributed by atoms with Crippen LogP contribution in [-0.2, 0) is 19.1 Å². The lowest BCUT2D eigenvalue weighted by Gasteiger charge is -2.31. The van der Waals surface area contributed by atoms with E-state index in [4.69, 9.17) is 9.47 Å². The molecule has 1 fully saturated rings. The van der Waals surface area contributed by atoms with E-state index < -0.39 is 0 Å². The minimum atomic E-state index is -0.288. The van der Waals surface area contributed by atoms with E-state index in [1.54, 1.807) is 0 Å². The molecule has 1 saturated carbocycles. The Morgan fingerprint density at radius 1 is 0.800 bits per heavy atom. The lowest BCUT2D eigenvalue weighted by Crippen LogP contribution is -2.28. The van der Waals surface area contributed by atoms with E-state index in [1.807, 2.05) is 0 Å². The molecule has 0 aromatic rings. The molecule has 3 unspecified atom stereocenters. The van der Waals surface area contributed by atoms with E-state index >= 15 is 0 Å². The van der Waals surface area contributed by atoms with Gasteiger partial charge in [0.25, 0.3) is 0 Å². The van der Waals surface area contributed by atoms with Gasteiger partial charge < -0.3 is 9.47 Å². The van der Waals surface area contributed by atoms with Gasteiger partial charge in [0.15, 0.2) is 6.61 Å². The van der Waals surface area contributed by atoms with Crippen molar-refractivity contribution in [2.75, 3.05) is 6.61 Å². The van der Waals surface area contributed by atoms with E-state index in [2.05, 4.69) is 32.6 Å². The molecule has 3 atom stereocenters. The topological polar surface area (TPSA) is 52.6 Å². The van der Waals surface area contributed by atoms with Crippen molar-refractivity contribution in [1.82, 2.24) is 0 Å². The predicted molar refractivity (Wildman–Crippen MR) is 122 cm³/mol. The van der Waals surface area contributed by atoms with Crippen molar-refractivity contribution in [3.8, 4) is 11.8 Å². The number of carbonyl (C=O) groups is 2. The number of hydrogen-bond donors (Lipinski definition) is 0. The molecule has 1 aliphatic carbocycles. The van der Waals surface area contributed by atoms with E-state index in [1.165, 1.54) is 44.9 Å². The zero-order valence-corrected chi connectivity index (χ0v) is 19.7. The monoisotopic (exact) mass is 420 g/mol. The van der Waals surface area contributed by atoms with Gasteiger partial charge in [0.05, 0.1) is 0 Å². The molecule has 1 rings (SSSR count). The minimum absolute atomic E-state index is 0.0481. The summed E-state index contributed by atoms with van der Waals surface area (Å²) in [6.45, 7) is 6.87. The molecular formula is C26H44O4. The van der Waals surface area contributed by atoms with Crippen molar-refractivity contribution in [1.29, 1.82) is 0 Å². The summed E-state index contributed by atoms with van der Waals surface area (Å²) in [5.41, 5.74) is 0. The highest BCUT2D eigenvalue weighted by molar-refractivity contribution is 5.72. The standard InChI is InChI=1S/C26H44O4/c1-4-5-6-7-8-9-10-11-12-13-14-20-29-25(27)16-15-17-26(28)30-24-19-18-22(2)23(3)21-24/h22-24H,4-12,15-21H2,1-3H3. The summed E-state index contributed by atoms with van der Waals surface area (Å²) < 4.78 is 10.7. The van der Waals surface area contributed by atoms with Crippen molar-refractivity contribution in [3.63, 3.8) is 0 Å². The lowest BCUT2D eigenvalue weighted by molar-refractivity contribution is -0.152. The first-order chi connectivity index (χ1) is 14.5. The van der Waals surface area contributed by atoms with Gasteiger partial charge in [-0.05, 0) is 43.9 Å². The number of unbranched alkanes of at least 4 members (excludes halogenated alkanes) is 8. The highest BCUT2D eigenvalue weighted by atomic mass is 16.5. The third kappa shape index (κ3) is 13.7. The fraction of sp³-hybridized carbons (Fsp3) is 0.846.